The smallest absolute Gasteiger partial charge is 0.254 e. The molecule has 0 atom stereocenters. The van der Waals surface area contributed by atoms with Crippen molar-refractivity contribution in [2.24, 2.45) is 0 Å². The standard InChI is InChI=1S/C14H12Br2ClNOS/c1-2-18(8-12-3-4-13(17)20-12)14(19)9-5-10(15)7-11(16)6-9/h3-7H,2,8H2,1H3. The first-order valence-electron chi connectivity index (χ1n) is 5.99. The van der Waals surface area contributed by atoms with E-state index in [0.29, 0.717) is 18.7 Å². The third-order valence-electron chi connectivity index (χ3n) is 2.75. The second-order valence-corrected chi connectivity index (χ2v) is 7.81. The van der Waals surface area contributed by atoms with E-state index < -0.39 is 0 Å². The molecule has 20 heavy (non-hydrogen) atoms. The summed E-state index contributed by atoms with van der Waals surface area (Å²) in [6.45, 7) is 3.20. The van der Waals surface area contributed by atoms with Crippen LogP contribution in [0.15, 0.2) is 39.3 Å². The number of carbonyl (C=O) groups excluding carboxylic acids is 1. The van der Waals surface area contributed by atoms with Crippen LogP contribution in [0.4, 0.5) is 0 Å². The molecule has 0 spiro atoms. The third-order valence-corrected chi connectivity index (χ3v) is 4.89. The lowest BCUT2D eigenvalue weighted by Crippen LogP contribution is -2.30. The van der Waals surface area contributed by atoms with E-state index in [1.807, 2.05) is 37.3 Å². The van der Waals surface area contributed by atoms with E-state index in [1.54, 1.807) is 4.90 Å². The number of amides is 1. The summed E-state index contributed by atoms with van der Waals surface area (Å²) >= 11 is 14.2. The predicted molar refractivity (Wildman–Crippen MR) is 91.6 cm³/mol. The lowest BCUT2D eigenvalue weighted by molar-refractivity contribution is 0.0754. The lowest BCUT2D eigenvalue weighted by atomic mass is 10.2. The van der Waals surface area contributed by atoms with Crippen LogP contribution in [0.2, 0.25) is 4.34 Å². The molecule has 2 rings (SSSR count). The summed E-state index contributed by atoms with van der Waals surface area (Å²) in [7, 11) is 0. The van der Waals surface area contributed by atoms with Crippen molar-refractivity contribution in [2.75, 3.05) is 6.54 Å². The Hall–Kier alpha value is -0.360. The maximum absolute atomic E-state index is 12.5. The zero-order chi connectivity index (χ0) is 14.7. The van der Waals surface area contributed by atoms with Crippen LogP contribution in [0.5, 0.6) is 0 Å². The number of rotatable bonds is 4. The molecule has 1 amide bonds. The Kier molecular flexibility index (Phi) is 5.66. The average molecular weight is 438 g/mol. The van der Waals surface area contributed by atoms with E-state index in [2.05, 4.69) is 31.9 Å². The van der Waals surface area contributed by atoms with E-state index in [4.69, 9.17) is 11.6 Å². The number of hydrogen-bond donors (Lipinski definition) is 0. The fourth-order valence-electron chi connectivity index (χ4n) is 1.81. The molecule has 0 fully saturated rings. The minimum Gasteiger partial charge on any atom is -0.334 e. The summed E-state index contributed by atoms with van der Waals surface area (Å²) in [6, 6.07) is 9.38. The zero-order valence-electron chi connectivity index (χ0n) is 10.7. The van der Waals surface area contributed by atoms with Gasteiger partial charge in [0.2, 0.25) is 0 Å². The molecule has 0 saturated heterocycles. The van der Waals surface area contributed by atoms with E-state index >= 15 is 0 Å². The molecule has 2 nitrogen and oxygen atoms in total. The number of benzene rings is 1. The summed E-state index contributed by atoms with van der Waals surface area (Å²) < 4.78 is 2.50. The highest BCUT2D eigenvalue weighted by Gasteiger charge is 2.16. The van der Waals surface area contributed by atoms with Crippen LogP contribution in [0.25, 0.3) is 0 Å². The molecule has 0 aliphatic rings. The first-order chi connectivity index (χ1) is 9.49. The maximum atomic E-state index is 12.5. The second kappa shape index (κ2) is 7.07. The van der Waals surface area contributed by atoms with Crippen LogP contribution in [0.1, 0.15) is 22.2 Å². The van der Waals surface area contributed by atoms with Gasteiger partial charge in [-0.2, -0.15) is 0 Å². The fraction of sp³-hybridized carbons (Fsp3) is 0.214. The molecule has 0 N–H and O–H groups in total. The van der Waals surface area contributed by atoms with Crippen molar-refractivity contribution >= 4 is 60.7 Å². The maximum Gasteiger partial charge on any atom is 0.254 e. The van der Waals surface area contributed by atoms with Crippen molar-refractivity contribution in [3.8, 4) is 0 Å². The highest BCUT2D eigenvalue weighted by Crippen LogP contribution is 2.25. The van der Waals surface area contributed by atoms with E-state index in [9.17, 15) is 4.79 Å². The number of thiophene rings is 1. The van der Waals surface area contributed by atoms with Crippen molar-refractivity contribution in [2.45, 2.75) is 13.5 Å². The van der Waals surface area contributed by atoms with Crippen LogP contribution in [-0.4, -0.2) is 17.4 Å². The van der Waals surface area contributed by atoms with Gasteiger partial charge >= 0.3 is 0 Å². The van der Waals surface area contributed by atoms with Gasteiger partial charge in [0.1, 0.15) is 0 Å². The highest BCUT2D eigenvalue weighted by atomic mass is 79.9. The summed E-state index contributed by atoms with van der Waals surface area (Å²) in [5, 5.41) is 0. The van der Waals surface area contributed by atoms with Gasteiger partial charge in [0.25, 0.3) is 5.91 Å². The van der Waals surface area contributed by atoms with E-state index in [-0.39, 0.29) is 5.91 Å². The molecule has 1 aromatic carbocycles. The largest absolute Gasteiger partial charge is 0.334 e. The van der Waals surface area contributed by atoms with Gasteiger partial charge in [-0.3, -0.25) is 4.79 Å². The summed E-state index contributed by atoms with van der Waals surface area (Å²) in [5.74, 6) is 0.0130. The van der Waals surface area contributed by atoms with E-state index in [1.165, 1.54) is 11.3 Å². The summed E-state index contributed by atoms with van der Waals surface area (Å²) in [6.07, 6.45) is 0. The molecule has 0 unspecified atom stereocenters. The Morgan fingerprint density at radius 2 is 1.90 bits per heavy atom. The normalized spacial score (nSPS) is 10.6. The molecule has 1 aromatic heterocycles. The highest BCUT2D eigenvalue weighted by molar-refractivity contribution is 9.11. The molecule has 6 heteroatoms. The van der Waals surface area contributed by atoms with Crippen LogP contribution in [-0.2, 0) is 6.54 Å². The minimum atomic E-state index is 0.0130. The average Bonchev–Trinajstić information content (AvgIpc) is 2.79. The van der Waals surface area contributed by atoms with Gasteiger partial charge < -0.3 is 4.90 Å². The Labute approximate surface area is 144 Å². The molecular weight excluding hydrogens is 425 g/mol. The molecule has 0 aliphatic carbocycles. The SMILES string of the molecule is CCN(Cc1ccc(Cl)s1)C(=O)c1cc(Br)cc(Br)c1. The molecule has 2 aromatic rings. The molecular formula is C14H12Br2ClNOS. The van der Waals surface area contributed by atoms with Crippen molar-refractivity contribution in [3.63, 3.8) is 0 Å². The Bertz CT molecular complexity index is 609. The van der Waals surface area contributed by atoms with Crippen molar-refractivity contribution in [1.82, 2.24) is 4.90 Å². The minimum absolute atomic E-state index is 0.0130. The second-order valence-electron chi connectivity index (χ2n) is 4.18. The topological polar surface area (TPSA) is 20.3 Å². The monoisotopic (exact) mass is 435 g/mol. The van der Waals surface area contributed by atoms with E-state index in [0.717, 1.165) is 18.2 Å². The van der Waals surface area contributed by atoms with Gasteiger partial charge in [-0.25, -0.2) is 0 Å². The van der Waals surface area contributed by atoms with Crippen LogP contribution in [0, 0.1) is 0 Å². The third kappa shape index (κ3) is 4.07. The summed E-state index contributed by atoms with van der Waals surface area (Å²) in [4.78, 5) is 15.4. The number of halogens is 3. The van der Waals surface area contributed by atoms with Crippen LogP contribution in [0.3, 0.4) is 0 Å². The molecule has 106 valence electrons. The fourth-order valence-corrected chi connectivity index (χ4v) is 4.21. The first kappa shape index (κ1) is 16.0. The Balaban J connectivity index is 2.20. The van der Waals surface area contributed by atoms with Crippen molar-refractivity contribution in [3.05, 3.63) is 54.1 Å². The van der Waals surface area contributed by atoms with Gasteiger partial charge in [-0.15, -0.1) is 11.3 Å². The molecule has 0 aliphatic heterocycles. The van der Waals surface area contributed by atoms with Gasteiger partial charge in [0, 0.05) is 25.9 Å². The lowest BCUT2D eigenvalue weighted by Gasteiger charge is -2.20. The van der Waals surface area contributed by atoms with Gasteiger partial charge in [0.15, 0.2) is 0 Å². The van der Waals surface area contributed by atoms with Crippen molar-refractivity contribution in [1.29, 1.82) is 0 Å². The number of carbonyl (C=O) groups is 1. The molecule has 0 bridgehead atoms. The molecule has 0 radical (unpaired) electrons. The van der Waals surface area contributed by atoms with Crippen LogP contribution < -0.4 is 0 Å². The van der Waals surface area contributed by atoms with Gasteiger partial charge in [-0.05, 0) is 37.3 Å². The zero-order valence-corrected chi connectivity index (χ0v) is 15.4. The van der Waals surface area contributed by atoms with Crippen LogP contribution >= 0.6 is 54.8 Å². The predicted octanol–water partition coefficient (Wildman–Crippen LogP) is 5.59. The molecule has 0 saturated carbocycles. The van der Waals surface area contributed by atoms with Gasteiger partial charge in [0.05, 0.1) is 10.9 Å². The first-order valence-corrected chi connectivity index (χ1v) is 8.77. The Morgan fingerprint density at radius 3 is 2.40 bits per heavy atom. The van der Waals surface area contributed by atoms with Crippen molar-refractivity contribution < 1.29 is 4.79 Å². The van der Waals surface area contributed by atoms with Gasteiger partial charge in [-0.1, -0.05) is 43.5 Å². The number of nitrogens with zero attached hydrogens (tertiary/aromatic N) is 1. The number of hydrogen-bond acceptors (Lipinski definition) is 2. The quantitative estimate of drug-likeness (QED) is 0.611. The Morgan fingerprint density at radius 1 is 1.25 bits per heavy atom. The molecule has 1 heterocycles. The summed E-state index contributed by atoms with van der Waals surface area (Å²) in [5.41, 5.74) is 0.663.